The molecule has 0 saturated carbocycles. The summed E-state index contributed by atoms with van der Waals surface area (Å²) in [5.74, 6) is 0.954. The van der Waals surface area contributed by atoms with Gasteiger partial charge in [-0.15, -0.1) is 0 Å². The van der Waals surface area contributed by atoms with Crippen molar-refractivity contribution in [3.8, 4) is 5.75 Å². The number of carbonyl (C=O) groups is 1. The molecule has 0 aliphatic carbocycles. The second kappa shape index (κ2) is 8.40. The monoisotopic (exact) mass is 264 g/mol. The van der Waals surface area contributed by atoms with Crippen LogP contribution in [0.5, 0.6) is 5.75 Å². The van der Waals surface area contributed by atoms with E-state index in [1.807, 2.05) is 45.0 Å². The van der Waals surface area contributed by atoms with E-state index < -0.39 is 0 Å². The molecule has 0 atom stereocenters. The lowest BCUT2D eigenvalue weighted by Gasteiger charge is -2.11. The van der Waals surface area contributed by atoms with Gasteiger partial charge >= 0.3 is 0 Å². The Morgan fingerprint density at radius 1 is 1.21 bits per heavy atom. The van der Waals surface area contributed by atoms with Crippen molar-refractivity contribution in [3.05, 3.63) is 24.3 Å². The van der Waals surface area contributed by atoms with Gasteiger partial charge in [0.05, 0.1) is 6.10 Å². The summed E-state index contributed by atoms with van der Waals surface area (Å²) >= 11 is 0. The average Bonchev–Trinajstić information content (AvgIpc) is 2.38. The lowest BCUT2D eigenvalue weighted by Crippen LogP contribution is -2.25. The number of carbonyl (C=O) groups excluding carboxylic acids is 1. The molecule has 0 bridgehead atoms. The van der Waals surface area contributed by atoms with E-state index in [0.29, 0.717) is 13.0 Å². The Kier molecular flexibility index (Phi) is 6.79. The first kappa shape index (κ1) is 15.3. The molecular formula is C15H24N2O2. The summed E-state index contributed by atoms with van der Waals surface area (Å²) < 4.78 is 5.56. The van der Waals surface area contributed by atoms with Crippen LogP contribution in [0.1, 0.15) is 33.6 Å². The number of benzene rings is 1. The van der Waals surface area contributed by atoms with Crippen molar-refractivity contribution in [2.45, 2.75) is 39.7 Å². The van der Waals surface area contributed by atoms with Gasteiger partial charge in [0.25, 0.3) is 0 Å². The summed E-state index contributed by atoms with van der Waals surface area (Å²) in [6, 6.07) is 7.78. The molecule has 19 heavy (non-hydrogen) atoms. The maximum absolute atomic E-state index is 11.4. The third-order valence-corrected chi connectivity index (χ3v) is 2.48. The van der Waals surface area contributed by atoms with Crippen LogP contribution in [0.4, 0.5) is 5.69 Å². The quantitative estimate of drug-likeness (QED) is 0.759. The molecule has 1 aromatic rings. The largest absolute Gasteiger partial charge is 0.491 e. The molecule has 2 N–H and O–H groups in total. The molecule has 0 saturated heterocycles. The second-order valence-electron chi connectivity index (χ2n) is 4.72. The van der Waals surface area contributed by atoms with Crippen molar-refractivity contribution >= 4 is 11.6 Å². The van der Waals surface area contributed by atoms with Gasteiger partial charge in [0.2, 0.25) is 5.91 Å². The van der Waals surface area contributed by atoms with Crippen molar-refractivity contribution in [3.63, 3.8) is 0 Å². The zero-order valence-corrected chi connectivity index (χ0v) is 12.0. The Hall–Kier alpha value is -1.71. The summed E-state index contributed by atoms with van der Waals surface area (Å²) in [6.45, 7) is 7.43. The number of amides is 1. The molecule has 0 fully saturated rings. The van der Waals surface area contributed by atoms with Crippen LogP contribution in [0.25, 0.3) is 0 Å². The van der Waals surface area contributed by atoms with E-state index in [-0.39, 0.29) is 12.0 Å². The van der Waals surface area contributed by atoms with Gasteiger partial charge in [-0.3, -0.25) is 4.79 Å². The molecule has 1 aromatic carbocycles. The van der Waals surface area contributed by atoms with Crippen LogP contribution in [0.3, 0.4) is 0 Å². The minimum absolute atomic E-state index is 0.0918. The second-order valence-corrected chi connectivity index (χ2v) is 4.72. The number of anilines is 1. The Morgan fingerprint density at radius 2 is 1.89 bits per heavy atom. The Labute approximate surface area is 115 Å². The van der Waals surface area contributed by atoms with Crippen LogP contribution in [0, 0.1) is 0 Å². The number of rotatable bonds is 8. The van der Waals surface area contributed by atoms with Crippen molar-refractivity contribution in [1.29, 1.82) is 0 Å². The summed E-state index contributed by atoms with van der Waals surface area (Å²) in [7, 11) is 0. The summed E-state index contributed by atoms with van der Waals surface area (Å²) in [5, 5.41) is 6.07. The maximum atomic E-state index is 11.4. The highest BCUT2D eigenvalue weighted by Gasteiger charge is 2.00. The fourth-order valence-electron chi connectivity index (χ4n) is 1.60. The molecule has 0 spiro atoms. The van der Waals surface area contributed by atoms with E-state index in [2.05, 4.69) is 10.6 Å². The smallest absolute Gasteiger partial charge is 0.221 e. The number of hydrogen-bond donors (Lipinski definition) is 2. The molecule has 0 aromatic heterocycles. The minimum atomic E-state index is 0.0918. The molecule has 0 aliphatic heterocycles. The number of hydrogen-bond acceptors (Lipinski definition) is 3. The van der Waals surface area contributed by atoms with Crippen LogP contribution in [0.15, 0.2) is 24.3 Å². The summed E-state index contributed by atoms with van der Waals surface area (Å²) in [5.41, 5.74) is 0.999. The van der Waals surface area contributed by atoms with Crippen molar-refractivity contribution in [2.75, 3.05) is 18.4 Å². The molecule has 1 amide bonds. The third-order valence-electron chi connectivity index (χ3n) is 2.48. The highest BCUT2D eigenvalue weighted by molar-refractivity contribution is 5.76. The fourth-order valence-corrected chi connectivity index (χ4v) is 1.60. The molecular weight excluding hydrogens is 240 g/mol. The van der Waals surface area contributed by atoms with Crippen LogP contribution in [-0.4, -0.2) is 25.1 Å². The summed E-state index contributed by atoms with van der Waals surface area (Å²) in [4.78, 5) is 11.4. The SMILES string of the molecule is CCCNC(=O)CCNc1ccc(OC(C)C)cc1. The topological polar surface area (TPSA) is 50.4 Å². The van der Waals surface area contributed by atoms with Crippen molar-refractivity contribution in [2.24, 2.45) is 0 Å². The van der Waals surface area contributed by atoms with Gasteiger partial charge in [0.15, 0.2) is 0 Å². The first-order valence-corrected chi connectivity index (χ1v) is 6.89. The van der Waals surface area contributed by atoms with Crippen molar-refractivity contribution < 1.29 is 9.53 Å². The van der Waals surface area contributed by atoms with Gasteiger partial charge in [-0.2, -0.15) is 0 Å². The molecule has 106 valence electrons. The van der Waals surface area contributed by atoms with Gasteiger partial charge in [-0.05, 0) is 44.5 Å². The molecule has 0 aliphatic rings. The zero-order valence-electron chi connectivity index (χ0n) is 12.0. The Balaban J connectivity index is 2.28. The fraction of sp³-hybridized carbons (Fsp3) is 0.533. The van der Waals surface area contributed by atoms with E-state index >= 15 is 0 Å². The maximum Gasteiger partial charge on any atom is 0.221 e. The van der Waals surface area contributed by atoms with E-state index in [1.54, 1.807) is 0 Å². The summed E-state index contributed by atoms with van der Waals surface area (Å²) in [6.07, 6.45) is 1.64. The van der Waals surface area contributed by atoms with Crippen LogP contribution in [-0.2, 0) is 4.79 Å². The van der Waals surface area contributed by atoms with Crippen LogP contribution < -0.4 is 15.4 Å². The average molecular weight is 264 g/mol. The van der Waals surface area contributed by atoms with Gasteiger partial charge in [-0.25, -0.2) is 0 Å². The van der Waals surface area contributed by atoms with Gasteiger partial charge in [0, 0.05) is 25.2 Å². The normalized spacial score (nSPS) is 10.3. The van der Waals surface area contributed by atoms with Crippen LogP contribution >= 0.6 is 0 Å². The molecule has 4 nitrogen and oxygen atoms in total. The standard InChI is InChI=1S/C15H24N2O2/c1-4-10-17-15(18)9-11-16-13-5-7-14(8-6-13)19-12(2)3/h5-8,12,16H,4,9-11H2,1-3H3,(H,17,18). The van der Waals surface area contributed by atoms with E-state index in [0.717, 1.165) is 24.4 Å². The molecule has 0 unspecified atom stereocenters. The molecule has 0 heterocycles. The van der Waals surface area contributed by atoms with Gasteiger partial charge in [-0.1, -0.05) is 6.92 Å². The molecule has 1 rings (SSSR count). The van der Waals surface area contributed by atoms with Crippen molar-refractivity contribution in [1.82, 2.24) is 5.32 Å². The lowest BCUT2D eigenvalue weighted by atomic mass is 10.3. The number of nitrogens with one attached hydrogen (secondary N) is 2. The predicted octanol–water partition coefficient (Wildman–Crippen LogP) is 2.80. The third kappa shape index (κ3) is 6.70. The first-order chi connectivity index (χ1) is 9.11. The lowest BCUT2D eigenvalue weighted by molar-refractivity contribution is -0.120. The van der Waals surface area contributed by atoms with E-state index in [1.165, 1.54) is 0 Å². The Bertz CT molecular complexity index is 374. The minimum Gasteiger partial charge on any atom is -0.491 e. The highest BCUT2D eigenvalue weighted by atomic mass is 16.5. The molecule has 4 heteroatoms. The predicted molar refractivity (Wildman–Crippen MR) is 78.6 cm³/mol. The zero-order chi connectivity index (χ0) is 14.1. The van der Waals surface area contributed by atoms with Gasteiger partial charge in [0.1, 0.15) is 5.75 Å². The number of ether oxygens (including phenoxy) is 1. The van der Waals surface area contributed by atoms with Gasteiger partial charge < -0.3 is 15.4 Å². The van der Waals surface area contributed by atoms with Crippen LogP contribution in [0.2, 0.25) is 0 Å². The molecule has 0 radical (unpaired) electrons. The van der Waals surface area contributed by atoms with E-state index in [9.17, 15) is 4.79 Å². The first-order valence-electron chi connectivity index (χ1n) is 6.89. The Morgan fingerprint density at radius 3 is 2.47 bits per heavy atom. The van der Waals surface area contributed by atoms with E-state index in [4.69, 9.17) is 4.74 Å². The highest BCUT2D eigenvalue weighted by Crippen LogP contribution is 2.16.